The SMILES string of the molecule is FC(F)(F)CCCOCCNC1CCCC1. The van der Waals surface area contributed by atoms with E-state index < -0.39 is 12.6 Å². The Kier molecular flexibility index (Phi) is 6.13. The topological polar surface area (TPSA) is 21.3 Å². The summed E-state index contributed by atoms with van der Waals surface area (Å²) in [6, 6.07) is 0.596. The Morgan fingerprint density at radius 2 is 1.81 bits per heavy atom. The summed E-state index contributed by atoms with van der Waals surface area (Å²) in [6.07, 6.45) is 0.262. The normalized spacial score (nSPS) is 18.2. The minimum Gasteiger partial charge on any atom is -0.380 e. The van der Waals surface area contributed by atoms with Crippen molar-refractivity contribution in [3.8, 4) is 0 Å². The Hall–Kier alpha value is -0.290. The molecule has 0 bridgehead atoms. The van der Waals surface area contributed by atoms with Gasteiger partial charge < -0.3 is 10.1 Å². The van der Waals surface area contributed by atoms with Gasteiger partial charge in [-0.3, -0.25) is 0 Å². The van der Waals surface area contributed by atoms with Crippen LogP contribution in [0.5, 0.6) is 0 Å². The molecule has 0 amide bonds. The number of ether oxygens (including phenoxy) is 1. The lowest BCUT2D eigenvalue weighted by Crippen LogP contribution is -2.29. The third kappa shape index (κ3) is 7.06. The number of hydrogen-bond donors (Lipinski definition) is 1. The molecule has 1 rings (SSSR count). The van der Waals surface area contributed by atoms with Gasteiger partial charge in [0.05, 0.1) is 6.61 Å². The highest BCUT2D eigenvalue weighted by Gasteiger charge is 2.25. The third-order valence-electron chi connectivity index (χ3n) is 2.78. The largest absolute Gasteiger partial charge is 0.389 e. The molecule has 0 unspecified atom stereocenters. The fraction of sp³-hybridized carbons (Fsp3) is 1.00. The van der Waals surface area contributed by atoms with Gasteiger partial charge in [0.2, 0.25) is 0 Å². The van der Waals surface area contributed by atoms with Crippen LogP contribution in [-0.2, 0) is 4.74 Å². The summed E-state index contributed by atoms with van der Waals surface area (Å²) in [6.45, 7) is 1.46. The molecule has 0 aromatic rings. The molecule has 0 aromatic heterocycles. The van der Waals surface area contributed by atoms with Gasteiger partial charge >= 0.3 is 6.18 Å². The van der Waals surface area contributed by atoms with Gasteiger partial charge in [0.25, 0.3) is 0 Å². The number of rotatable bonds is 7. The van der Waals surface area contributed by atoms with Gasteiger partial charge in [-0.1, -0.05) is 12.8 Å². The first-order valence-corrected chi connectivity index (χ1v) is 5.96. The lowest BCUT2D eigenvalue weighted by Gasteiger charge is -2.11. The molecule has 0 aliphatic heterocycles. The van der Waals surface area contributed by atoms with Gasteiger partial charge in [-0.15, -0.1) is 0 Å². The Morgan fingerprint density at radius 3 is 2.44 bits per heavy atom. The summed E-state index contributed by atoms with van der Waals surface area (Å²) >= 11 is 0. The summed E-state index contributed by atoms with van der Waals surface area (Å²) in [5.41, 5.74) is 0. The Morgan fingerprint density at radius 1 is 1.12 bits per heavy atom. The highest BCUT2D eigenvalue weighted by molar-refractivity contribution is 4.72. The Bertz CT molecular complexity index is 179. The average Bonchev–Trinajstić information content (AvgIpc) is 2.67. The molecule has 1 fully saturated rings. The zero-order chi connectivity index (χ0) is 11.9. The van der Waals surface area contributed by atoms with Gasteiger partial charge in [0.15, 0.2) is 0 Å². The van der Waals surface area contributed by atoms with Crippen LogP contribution in [0, 0.1) is 0 Å². The molecule has 1 N–H and O–H groups in total. The first kappa shape index (κ1) is 13.8. The molecule has 1 aliphatic carbocycles. The van der Waals surface area contributed by atoms with E-state index in [1.807, 2.05) is 0 Å². The van der Waals surface area contributed by atoms with Crippen molar-refractivity contribution >= 4 is 0 Å². The van der Waals surface area contributed by atoms with Gasteiger partial charge in [-0.25, -0.2) is 0 Å². The fourth-order valence-electron chi connectivity index (χ4n) is 1.94. The van der Waals surface area contributed by atoms with Crippen molar-refractivity contribution < 1.29 is 17.9 Å². The molecule has 1 aliphatic rings. The number of nitrogens with one attached hydrogen (secondary N) is 1. The highest BCUT2D eigenvalue weighted by Crippen LogP contribution is 2.21. The fourth-order valence-corrected chi connectivity index (χ4v) is 1.94. The van der Waals surface area contributed by atoms with Gasteiger partial charge in [-0.2, -0.15) is 13.2 Å². The monoisotopic (exact) mass is 239 g/mol. The van der Waals surface area contributed by atoms with Crippen molar-refractivity contribution in [3.05, 3.63) is 0 Å². The molecule has 1 saturated carbocycles. The zero-order valence-corrected chi connectivity index (χ0v) is 9.48. The van der Waals surface area contributed by atoms with Crippen LogP contribution in [-0.4, -0.2) is 32.0 Å². The molecule has 0 saturated heterocycles. The van der Waals surface area contributed by atoms with Crippen molar-refractivity contribution in [2.45, 2.75) is 50.7 Å². The number of hydrogen-bond acceptors (Lipinski definition) is 2. The standard InChI is InChI=1S/C11H20F3NO/c12-11(13,14)6-3-8-16-9-7-15-10-4-1-2-5-10/h10,15H,1-9H2. The van der Waals surface area contributed by atoms with E-state index in [4.69, 9.17) is 4.74 Å². The van der Waals surface area contributed by atoms with Crippen LogP contribution >= 0.6 is 0 Å². The third-order valence-corrected chi connectivity index (χ3v) is 2.78. The van der Waals surface area contributed by atoms with E-state index in [1.165, 1.54) is 25.7 Å². The highest BCUT2D eigenvalue weighted by atomic mass is 19.4. The van der Waals surface area contributed by atoms with Crippen molar-refractivity contribution in [3.63, 3.8) is 0 Å². The van der Waals surface area contributed by atoms with Gasteiger partial charge in [0, 0.05) is 25.6 Å². The summed E-state index contributed by atoms with van der Waals surface area (Å²) < 4.78 is 40.4. The number of alkyl halides is 3. The Labute approximate surface area is 94.5 Å². The minimum absolute atomic E-state index is 0.0624. The summed E-state index contributed by atoms with van der Waals surface area (Å²) in [5.74, 6) is 0. The van der Waals surface area contributed by atoms with E-state index in [0.29, 0.717) is 12.6 Å². The summed E-state index contributed by atoms with van der Waals surface area (Å²) in [4.78, 5) is 0. The van der Waals surface area contributed by atoms with Crippen LogP contribution in [0.15, 0.2) is 0 Å². The molecule has 2 nitrogen and oxygen atoms in total. The van der Waals surface area contributed by atoms with E-state index in [2.05, 4.69) is 5.32 Å². The first-order chi connectivity index (χ1) is 7.58. The minimum atomic E-state index is -4.05. The predicted molar refractivity (Wildman–Crippen MR) is 56.4 cm³/mol. The van der Waals surface area contributed by atoms with Gasteiger partial charge in [0.1, 0.15) is 0 Å². The summed E-state index contributed by atoms with van der Waals surface area (Å²) in [5, 5.41) is 3.34. The smallest absolute Gasteiger partial charge is 0.380 e. The molecule has 16 heavy (non-hydrogen) atoms. The second kappa shape index (κ2) is 7.12. The van der Waals surface area contributed by atoms with Crippen molar-refractivity contribution in [2.24, 2.45) is 0 Å². The van der Waals surface area contributed by atoms with Crippen LogP contribution in [0.25, 0.3) is 0 Å². The maximum atomic E-state index is 11.8. The molecule has 0 aromatic carbocycles. The van der Waals surface area contributed by atoms with Crippen LogP contribution in [0.4, 0.5) is 13.2 Å². The second-order valence-corrected chi connectivity index (χ2v) is 4.27. The number of halogens is 3. The van der Waals surface area contributed by atoms with E-state index in [0.717, 1.165) is 6.54 Å². The van der Waals surface area contributed by atoms with Crippen LogP contribution in [0.1, 0.15) is 38.5 Å². The van der Waals surface area contributed by atoms with Gasteiger partial charge in [-0.05, 0) is 19.3 Å². The average molecular weight is 239 g/mol. The zero-order valence-electron chi connectivity index (χ0n) is 9.48. The first-order valence-electron chi connectivity index (χ1n) is 5.96. The lowest BCUT2D eigenvalue weighted by atomic mass is 10.2. The maximum absolute atomic E-state index is 11.8. The van der Waals surface area contributed by atoms with Crippen LogP contribution in [0.3, 0.4) is 0 Å². The van der Waals surface area contributed by atoms with Crippen LogP contribution in [0.2, 0.25) is 0 Å². The van der Waals surface area contributed by atoms with E-state index >= 15 is 0 Å². The lowest BCUT2D eigenvalue weighted by molar-refractivity contribution is -0.137. The molecular weight excluding hydrogens is 219 g/mol. The summed E-state index contributed by atoms with van der Waals surface area (Å²) in [7, 11) is 0. The Balaban J connectivity index is 1.81. The molecule has 5 heteroatoms. The van der Waals surface area contributed by atoms with Crippen molar-refractivity contribution in [1.29, 1.82) is 0 Å². The van der Waals surface area contributed by atoms with E-state index in [-0.39, 0.29) is 13.0 Å². The van der Waals surface area contributed by atoms with Crippen molar-refractivity contribution in [2.75, 3.05) is 19.8 Å². The predicted octanol–water partition coefficient (Wildman–Crippen LogP) is 2.88. The molecule has 0 atom stereocenters. The van der Waals surface area contributed by atoms with E-state index in [1.54, 1.807) is 0 Å². The van der Waals surface area contributed by atoms with Crippen LogP contribution < -0.4 is 5.32 Å². The molecular formula is C11H20F3NO. The molecule has 0 spiro atoms. The molecule has 96 valence electrons. The quantitative estimate of drug-likeness (QED) is 0.690. The van der Waals surface area contributed by atoms with Crippen molar-refractivity contribution in [1.82, 2.24) is 5.32 Å². The molecule has 0 radical (unpaired) electrons. The second-order valence-electron chi connectivity index (χ2n) is 4.27. The maximum Gasteiger partial charge on any atom is 0.389 e. The molecule has 0 heterocycles. The van der Waals surface area contributed by atoms with E-state index in [9.17, 15) is 13.2 Å².